The third-order valence-corrected chi connectivity index (χ3v) is 3.77. The van der Waals surface area contributed by atoms with Crippen LogP contribution in [0.25, 0.3) is 11.2 Å². The number of H-pyrrole nitrogens is 1. The minimum absolute atomic E-state index is 0.662. The number of pyridine rings is 1. The average molecular weight is 350 g/mol. The van der Waals surface area contributed by atoms with Crippen LogP contribution in [0.4, 0.5) is 5.95 Å². The molecule has 2 heterocycles. The number of benzene rings is 1. The van der Waals surface area contributed by atoms with E-state index in [-0.39, 0.29) is 0 Å². The number of aromatic amines is 1. The van der Waals surface area contributed by atoms with Crippen LogP contribution in [0.1, 0.15) is 12.0 Å². The van der Waals surface area contributed by atoms with Gasteiger partial charge in [-0.25, -0.2) is 4.98 Å². The lowest BCUT2D eigenvalue weighted by atomic mass is 10.2. The minimum atomic E-state index is 0.662. The predicted octanol–water partition coefficient (Wildman–Crippen LogP) is 3.86. The van der Waals surface area contributed by atoms with Gasteiger partial charge in [0.2, 0.25) is 5.95 Å². The standard InChI is InChI=1S/C16H17Cl2N5/c17-12-7-11(8-13(18)9-12)10-19-4-2-6-21-16-22-14-3-1-5-20-15(14)23-16/h1,3,5,7-9,19H,2,4,6,10H2,(H2,20,21,22,23). The van der Waals surface area contributed by atoms with Crippen LogP contribution in [0.15, 0.2) is 36.5 Å². The number of nitrogens with one attached hydrogen (secondary N) is 3. The molecular weight excluding hydrogens is 333 g/mol. The van der Waals surface area contributed by atoms with Gasteiger partial charge >= 0.3 is 0 Å². The van der Waals surface area contributed by atoms with Crippen molar-refractivity contribution in [3.63, 3.8) is 0 Å². The topological polar surface area (TPSA) is 65.6 Å². The van der Waals surface area contributed by atoms with E-state index in [0.717, 1.165) is 48.7 Å². The van der Waals surface area contributed by atoms with E-state index in [4.69, 9.17) is 23.2 Å². The number of aromatic nitrogens is 3. The predicted molar refractivity (Wildman–Crippen MR) is 95.2 cm³/mol. The molecule has 0 aliphatic rings. The molecule has 0 bridgehead atoms. The second-order valence-electron chi connectivity index (χ2n) is 5.19. The Labute approximate surface area is 144 Å². The molecule has 0 fully saturated rings. The molecule has 0 unspecified atom stereocenters. The summed E-state index contributed by atoms with van der Waals surface area (Å²) in [6, 6.07) is 9.41. The summed E-state index contributed by atoms with van der Waals surface area (Å²) in [6.45, 7) is 2.45. The van der Waals surface area contributed by atoms with Crippen LogP contribution >= 0.6 is 23.2 Å². The number of rotatable bonds is 7. The lowest BCUT2D eigenvalue weighted by Crippen LogP contribution is -2.17. The number of anilines is 1. The van der Waals surface area contributed by atoms with E-state index in [2.05, 4.69) is 25.6 Å². The van der Waals surface area contributed by atoms with Gasteiger partial charge in [0.1, 0.15) is 0 Å². The van der Waals surface area contributed by atoms with Crippen LogP contribution in [-0.2, 0) is 6.54 Å². The average Bonchev–Trinajstić information content (AvgIpc) is 2.92. The summed E-state index contributed by atoms with van der Waals surface area (Å²) in [5.74, 6) is 0.750. The largest absolute Gasteiger partial charge is 0.356 e. The van der Waals surface area contributed by atoms with Crippen molar-refractivity contribution in [2.75, 3.05) is 18.4 Å². The zero-order valence-corrected chi connectivity index (χ0v) is 14.0. The molecule has 3 aromatic rings. The molecule has 0 spiro atoms. The molecule has 0 saturated heterocycles. The summed E-state index contributed by atoms with van der Waals surface area (Å²) in [7, 11) is 0. The first-order chi connectivity index (χ1) is 11.2. The van der Waals surface area contributed by atoms with Crippen molar-refractivity contribution in [2.45, 2.75) is 13.0 Å². The normalized spacial score (nSPS) is 11.0. The Hall–Kier alpha value is -1.82. The summed E-state index contributed by atoms with van der Waals surface area (Å²) < 4.78 is 0. The van der Waals surface area contributed by atoms with E-state index < -0.39 is 0 Å². The second-order valence-corrected chi connectivity index (χ2v) is 6.07. The summed E-state index contributed by atoms with van der Waals surface area (Å²) in [5.41, 5.74) is 2.75. The molecule has 0 saturated carbocycles. The molecule has 1 aromatic carbocycles. The molecule has 2 aromatic heterocycles. The Bertz CT molecular complexity index is 734. The number of hydrogen-bond donors (Lipinski definition) is 3. The SMILES string of the molecule is Clc1cc(Cl)cc(CNCCCNc2nc3ncccc3[nH]2)c1. The van der Waals surface area contributed by atoms with Crippen molar-refractivity contribution >= 4 is 40.3 Å². The quantitative estimate of drug-likeness (QED) is 0.566. The summed E-state index contributed by atoms with van der Waals surface area (Å²) in [6.07, 6.45) is 2.71. The number of hydrogen-bond acceptors (Lipinski definition) is 4. The molecule has 0 radical (unpaired) electrons. The van der Waals surface area contributed by atoms with E-state index in [9.17, 15) is 0 Å². The van der Waals surface area contributed by atoms with Crippen molar-refractivity contribution in [3.8, 4) is 0 Å². The smallest absolute Gasteiger partial charge is 0.202 e. The molecule has 0 aliphatic heterocycles. The zero-order chi connectivity index (χ0) is 16.1. The molecule has 0 amide bonds. The lowest BCUT2D eigenvalue weighted by molar-refractivity contribution is 0.662. The van der Waals surface area contributed by atoms with E-state index >= 15 is 0 Å². The van der Waals surface area contributed by atoms with E-state index in [1.165, 1.54) is 0 Å². The maximum Gasteiger partial charge on any atom is 0.202 e. The first-order valence-corrected chi connectivity index (χ1v) is 8.16. The van der Waals surface area contributed by atoms with Gasteiger partial charge < -0.3 is 15.6 Å². The van der Waals surface area contributed by atoms with Gasteiger partial charge in [0.05, 0.1) is 5.52 Å². The fourth-order valence-corrected chi connectivity index (χ4v) is 2.87. The second kappa shape index (κ2) is 7.64. The Balaban J connectivity index is 1.38. The highest BCUT2D eigenvalue weighted by atomic mass is 35.5. The van der Waals surface area contributed by atoms with Crippen LogP contribution in [-0.4, -0.2) is 28.0 Å². The molecule has 23 heavy (non-hydrogen) atoms. The monoisotopic (exact) mass is 349 g/mol. The first kappa shape index (κ1) is 16.1. The van der Waals surface area contributed by atoms with Gasteiger partial charge in [-0.2, -0.15) is 4.98 Å². The summed E-state index contributed by atoms with van der Waals surface area (Å²) in [4.78, 5) is 11.8. The number of imidazole rings is 1. The molecule has 7 heteroatoms. The fourth-order valence-electron chi connectivity index (χ4n) is 2.29. The summed E-state index contributed by atoms with van der Waals surface area (Å²) >= 11 is 12.0. The highest BCUT2D eigenvalue weighted by Crippen LogP contribution is 2.18. The molecular formula is C16H17Cl2N5. The number of fused-ring (bicyclic) bond motifs is 1. The molecule has 120 valence electrons. The van der Waals surface area contributed by atoms with Crippen molar-refractivity contribution in [1.29, 1.82) is 0 Å². The molecule has 5 nitrogen and oxygen atoms in total. The Morgan fingerprint density at radius 2 is 1.91 bits per heavy atom. The van der Waals surface area contributed by atoms with Crippen molar-refractivity contribution in [1.82, 2.24) is 20.3 Å². The van der Waals surface area contributed by atoms with Gasteiger partial charge in [0, 0.05) is 29.3 Å². The van der Waals surface area contributed by atoms with Gasteiger partial charge in [-0.3, -0.25) is 0 Å². The van der Waals surface area contributed by atoms with Crippen LogP contribution < -0.4 is 10.6 Å². The number of halogens is 2. The molecule has 0 atom stereocenters. The van der Waals surface area contributed by atoms with Crippen molar-refractivity contribution in [2.24, 2.45) is 0 Å². The van der Waals surface area contributed by atoms with E-state index in [0.29, 0.717) is 10.0 Å². The summed E-state index contributed by atoms with van der Waals surface area (Å²) in [5, 5.41) is 7.95. The Kier molecular flexibility index (Phi) is 5.33. The van der Waals surface area contributed by atoms with Crippen LogP contribution in [0.5, 0.6) is 0 Å². The molecule has 3 rings (SSSR count). The number of nitrogens with zero attached hydrogens (tertiary/aromatic N) is 2. The van der Waals surface area contributed by atoms with E-state index in [1.807, 2.05) is 24.3 Å². The maximum atomic E-state index is 5.98. The van der Waals surface area contributed by atoms with Crippen LogP contribution in [0.2, 0.25) is 10.0 Å². The Morgan fingerprint density at radius 3 is 2.70 bits per heavy atom. The highest BCUT2D eigenvalue weighted by Gasteiger charge is 2.02. The van der Waals surface area contributed by atoms with E-state index in [1.54, 1.807) is 12.3 Å². The highest BCUT2D eigenvalue weighted by molar-refractivity contribution is 6.34. The third kappa shape index (κ3) is 4.58. The molecule has 3 N–H and O–H groups in total. The first-order valence-electron chi connectivity index (χ1n) is 7.41. The van der Waals surface area contributed by atoms with Gasteiger partial charge in [0.25, 0.3) is 0 Å². The van der Waals surface area contributed by atoms with Gasteiger partial charge in [-0.05, 0) is 48.9 Å². The molecule has 0 aliphatic carbocycles. The van der Waals surface area contributed by atoms with Crippen molar-refractivity contribution < 1.29 is 0 Å². The van der Waals surface area contributed by atoms with Gasteiger partial charge in [0.15, 0.2) is 5.65 Å². The lowest BCUT2D eigenvalue weighted by Gasteiger charge is -2.06. The zero-order valence-electron chi connectivity index (χ0n) is 12.4. The van der Waals surface area contributed by atoms with Gasteiger partial charge in [-0.15, -0.1) is 0 Å². The van der Waals surface area contributed by atoms with Gasteiger partial charge in [-0.1, -0.05) is 23.2 Å². The fraction of sp³-hybridized carbons (Fsp3) is 0.250. The minimum Gasteiger partial charge on any atom is -0.356 e. The maximum absolute atomic E-state index is 5.98. The Morgan fingerprint density at radius 1 is 1.09 bits per heavy atom. The van der Waals surface area contributed by atoms with Crippen LogP contribution in [0.3, 0.4) is 0 Å². The van der Waals surface area contributed by atoms with Crippen molar-refractivity contribution in [3.05, 3.63) is 52.1 Å². The van der Waals surface area contributed by atoms with Crippen LogP contribution in [0, 0.1) is 0 Å². The third-order valence-electron chi connectivity index (χ3n) is 3.33.